The van der Waals surface area contributed by atoms with Gasteiger partial charge in [-0.1, -0.05) is 30.3 Å². The fraction of sp³-hybridized carbons (Fsp3) is 0.632. The molecule has 6 heteroatoms. The first kappa shape index (κ1) is 18.3. The van der Waals surface area contributed by atoms with Crippen LogP contribution in [0.15, 0.2) is 30.3 Å². The summed E-state index contributed by atoms with van der Waals surface area (Å²) in [6.45, 7) is 4.27. The minimum Gasteiger partial charge on any atom is -0.388 e. The lowest BCUT2D eigenvalue weighted by atomic mass is 9.76. The molecule has 0 aromatic heterocycles. The molecule has 0 unspecified atom stereocenters. The first-order valence-corrected chi connectivity index (χ1v) is 8.96. The number of aliphatic hydroxyl groups is 2. The second-order valence-corrected chi connectivity index (χ2v) is 7.58. The van der Waals surface area contributed by atoms with Crippen LogP contribution in [0, 0.1) is 0 Å². The van der Waals surface area contributed by atoms with Gasteiger partial charge in [0.2, 0.25) is 5.91 Å². The quantitative estimate of drug-likeness (QED) is 0.745. The number of amides is 1. The zero-order valence-electron chi connectivity index (χ0n) is 14.8. The molecular weight excluding hydrogens is 320 g/mol. The van der Waals surface area contributed by atoms with Crippen molar-refractivity contribution in [2.45, 2.75) is 50.0 Å². The Morgan fingerprint density at radius 1 is 1.32 bits per heavy atom. The molecule has 0 radical (unpaired) electrons. The van der Waals surface area contributed by atoms with Gasteiger partial charge in [0.1, 0.15) is 6.10 Å². The number of aliphatic hydroxyl groups excluding tert-OH is 1. The highest BCUT2D eigenvalue weighted by Crippen LogP contribution is 2.39. The Bertz CT molecular complexity index is 582. The van der Waals surface area contributed by atoms with E-state index >= 15 is 0 Å². The lowest BCUT2D eigenvalue weighted by molar-refractivity contribution is -0.223. The average Bonchev–Trinajstić information content (AvgIpc) is 2.60. The van der Waals surface area contributed by atoms with Crippen LogP contribution in [0.3, 0.4) is 0 Å². The third kappa shape index (κ3) is 4.58. The fourth-order valence-electron chi connectivity index (χ4n) is 3.75. The monoisotopic (exact) mass is 348 g/mol. The Morgan fingerprint density at radius 2 is 2.00 bits per heavy atom. The highest BCUT2D eigenvalue weighted by atomic mass is 16.5. The maximum absolute atomic E-state index is 12.1. The van der Waals surface area contributed by atoms with Gasteiger partial charge in [0.05, 0.1) is 24.4 Å². The van der Waals surface area contributed by atoms with Crippen LogP contribution >= 0.6 is 0 Å². The molecule has 2 heterocycles. The van der Waals surface area contributed by atoms with Crippen molar-refractivity contribution in [3.63, 3.8) is 0 Å². The molecule has 1 aromatic rings. The molecule has 3 N–H and O–H groups in total. The minimum absolute atomic E-state index is 0.0202. The Kier molecular flexibility index (Phi) is 5.43. The molecule has 0 saturated carbocycles. The molecule has 25 heavy (non-hydrogen) atoms. The van der Waals surface area contributed by atoms with Crippen molar-refractivity contribution < 1.29 is 19.7 Å². The highest BCUT2D eigenvalue weighted by molar-refractivity contribution is 5.78. The summed E-state index contributed by atoms with van der Waals surface area (Å²) < 4.78 is 5.88. The van der Waals surface area contributed by atoms with Crippen molar-refractivity contribution in [3.8, 4) is 0 Å². The molecule has 2 atom stereocenters. The molecule has 3 rings (SSSR count). The van der Waals surface area contributed by atoms with E-state index in [2.05, 4.69) is 10.2 Å². The van der Waals surface area contributed by atoms with E-state index in [0.29, 0.717) is 19.5 Å². The molecule has 0 bridgehead atoms. The predicted molar refractivity (Wildman–Crippen MR) is 93.9 cm³/mol. The number of ether oxygens (including phenoxy) is 1. The van der Waals surface area contributed by atoms with Gasteiger partial charge in [-0.05, 0) is 25.3 Å². The summed E-state index contributed by atoms with van der Waals surface area (Å²) in [7, 11) is 0. The number of nitrogens with zero attached hydrogens (tertiary/aromatic N) is 1. The lowest BCUT2D eigenvalue weighted by Gasteiger charge is -2.49. The summed E-state index contributed by atoms with van der Waals surface area (Å²) in [4.78, 5) is 14.3. The molecule has 6 nitrogen and oxygen atoms in total. The van der Waals surface area contributed by atoms with E-state index in [1.54, 1.807) is 6.92 Å². The Hall–Kier alpha value is -1.47. The van der Waals surface area contributed by atoms with Crippen molar-refractivity contribution in [2.75, 3.05) is 26.2 Å². The van der Waals surface area contributed by atoms with Gasteiger partial charge in [-0.25, -0.2) is 0 Å². The van der Waals surface area contributed by atoms with E-state index in [-0.39, 0.29) is 18.1 Å². The molecule has 2 aliphatic rings. The molecule has 2 fully saturated rings. The minimum atomic E-state index is -1.10. The number of likely N-dealkylation sites (tertiary alicyclic amines) is 1. The van der Waals surface area contributed by atoms with Gasteiger partial charge < -0.3 is 20.3 Å². The van der Waals surface area contributed by atoms with Crippen LogP contribution in [0.2, 0.25) is 0 Å². The molecular formula is C19H28N2O4. The second kappa shape index (κ2) is 7.41. The maximum atomic E-state index is 12.1. The van der Waals surface area contributed by atoms with Crippen LogP contribution < -0.4 is 5.32 Å². The standard InChI is InChI=1S/C19H28N2O4/c1-18(24)14-19(25-13-16(18)22)7-9-21(10-8-19)12-17(23)20-11-15-5-3-2-4-6-15/h2-6,16,22,24H,7-14H2,1H3,(H,20,23)/t16-,18-/m0/s1. The number of carbonyl (C=O) groups is 1. The van der Waals surface area contributed by atoms with Gasteiger partial charge in [-0.2, -0.15) is 0 Å². The number of benzene rings is 1. The van der Waals surface area contributed by atoms with Crippen LogP contribution in [0.4, 0.5) is 0 Å². The molecule has 1 amide bonds. The van der Waals surface area contributed by atoms with Crippen molar-refractivity contribution in [1.82, 2.24) is 10.2 Å². The second-order valence-electron chi connectivity index (χ2n) is 7.58. The van der Waals surface area contributed by atoms with E-state index in [1.807, 2.05) is 30.3 Å². The molecule has 1 aromatic carbocycles. The van der Waals surface area contributed by atoms with Crippen LogP contribution in [-0.4, -0.2) is 64.6 Å². The topological polar surface area (TPSA) is 82.0 Å². The van der Waals surface area contributed by atoms with Gasteiger partial charge in [0, 0.05) is 26.1 Å². The van der Waals surface area contributed by atoms with Gasteiger partial charge in [-0.3, -0.25) is 9.69 Å². The molecule has 1 spiro atoms. The van der Waals surface area contributed by atoms with Crippen molar-refractivity contribution >= 4 is 5.91 Å². The maximum Gasteiger partial charge on any atom is 0.234 e. The van der Waals surface area contributed by atoms with E-state index in [1.165, 1.54) is 0 Å². The number of carbonyl (C=O) groups excluding carboxylic acids is 1. The Labute approximate surface area is 148 Å². The SMILES string of the molecule is C[C@]1(O)CC2(CCN(CC(=O)NCc3ccccc3)CC2)OC[C@@H]1O. The molecule has 2 aliphatic heterocycles. The molecule has 2 saturated heterocycles. The van der Waals surface area contributed by atoms with Crippen LogP contribution in [0.5, 0.6) is 0 Å². The third-order valence-electron chi connectivity index (χ3n) is 5.41. The normalized spacial score (nSPS) is 29.5. The summed E-state index contributed by atoms with van der Waals surface area (Å²) >= 11 is 0. The van der Waals surface area contributed by atoms with Crippen molar-refractivity contribution in [2.24, 2.45) is 0 Å². The molecule has 0 aliphatic carbocycles. The number of hydrogen-bond acceptors (Lipinski definition) is 5. The summed E-state index contributed by atoms with van der Waals surface area (Å²) in [6, 6.07) is 9.86. The third-order valence-corrected chi connectivity index (χ3v) is 5.41. The molecule has 138 valence electrons. The van der Waals surface area contributed by atoms with Gasteiger partial charge in [0.15, 0.2) is 0 Å². The number of hydrogen-bond donors (Lipinski definition) is 3. The van der Waals surface area contributed by atoms with E-state index < -0.39 is 11.7 Å². The van der Waals surface area contributed by atoms with Gasteiger partial charge in [-0.15, -0.1) is 0 Å². The lowest BCUT2D eigenvalue weighted by Crippen LogP contribution is -2.59. The van der Waals surface area contributed by atoms with Crippen LogP contribution in [0.25, 0.3) is 0 Å². The zero-order valence-corrected chi connectivity index (χ0v) is 14.8. The van der Waals surface area contributed by atoms with Gasteiger partial charge >= 0.3 is 0 Å². The number of rotatable bonds is 4. The highest BCUT2D eigenvalue weighted by Gasteiger charge is 2.48. The average molecular weight is 348 g/mol. The van der Waals surface area contributed by atoms with E-state index in [4.69, 9.17) is 4.74 Å². The van der Waals surface area contributed by atoms with E-state index in [9.17, 15) is 15.0 Å². The number of nitrogens with one attached hydrogen (secondary N) is 1. The van der Waals surface area contributed by atoms with Crippen molar-refractivity contribution in [1.29, 1.82) is 0 Å². The number of piperidine rings is 1. The zero-order chi connectivity index (χ0) is 17.9. The van der Waals surface area contributed by atoms with Crippen molar-refractivity contribution in [3.05, 3.63) is 35.9 Å². The van der Waals surface area contributed by atoms with Crippen LogP contribution in [0.1, 0.15) is 31.7 Å². The summed E-state index contributed by atoms with van der Waals surface area (Å²) in [5, 5.41) is 23.1. The summed E-state index contributed by atoms with van der Waals surface area (Å²) in [5.74, 6) is 0.0202. The fourth-order valence-corrected chi connectivity index (χ4v) is 3.75. The Morgan fingerprint density at radius 3 is 2.64 bits per heavy atom. The first-order valence-electron chi connectivity index (χ1n) is 8.96. The largest absolute Gasteiger partial charge is 0.388 e. The summed E-state index contributed by atoms with van der Waals surface area (Å²) in [5.41, 5.74) is -0.391. The van der Waals surface area contributed by atoms with Crippen LogP contribution in [-0.2, 0) is 16.1 Å². The smallest absolute Gasteiger partial charge is 0.234 e. The summed E-state index contributed by atoms with van der Waals surface area (Å²) in [6.07, 6.45) is 1.14. The van der Waals surface area contributed by atoms with Gasteiger partial charge in [0.25, 0.3) is 0 Å². The van der Waals surface area contributed by atoms with E-state index in [0.717, 1.165) is 31.5 Å². The Balaban J connectivity index is 1.44. The first-order chi connectivity index (χ1) is 11.9. The predicted octanol–water partition coefficient (Wildman–Crippen LogP) is 0.670.